The van der Waals surface area contributed by atoms with Crippen molar-refractivity contribution in [3.63, 3.8) is 0 Å². The molecule has 1 rings (SSSR count). The van der Waals surface area contributed by atoms with Gasteiger partial charge in [-0.2, -0.15) is 0 Å². The normalized spacial score (nSPS) is 43.3. The minimum atomic E-state index is -2.39. The number of hydrogen-bond donors (Lipinski definition) is 7. The largest absolute Gasteiger partial charge is 0.394 e. The molecule has 0 bridgehead atoms. The van der Waals surface area contributed by atoms with Crippen LogP contribution in [-0.2, 0) is 4.74 Å². The van der Waals surface area contributed by atoms with Crippen molar-refractivity contribution in [1.82, 2.24) is 0 Å². The molecule has 0 aromatic heterocycles. The van der Waals surface area contributed by atoms with E-state index in [0.29, 0.717) is 0 Å². The van der Waals surface area contributed by atoms with Crippen molar-refractivity contribution in [1.29, 1.82) is 0 Å². The molecule has 1 saturated heterocycles. The van der Waals surface area contributed by atoms with Crippen molar-refractivity contribution in [2.24, 2.45) is 0 Å². The minimum Gasteiger partial charge on any atom is -0.394 e. The smallest absolute Gasteiger partial charge is 0.219 e. The molecule has 16 heavy (non-hydrogen) atoms. The van der Waals surface area contributed by atoms with Crippen molar-refractivity contribution < 1.29 is 40.5 Å². The van der Waals surface area contributed by atoms with E-state index in [4.69, 9.17) is 20.1 Å². The van der Waals surface area contributed by atoms with Gasteiger partial charge in [0.15, 0.2) is 0 Å². The van der Waals surface area contributed by atoms with Crippen molar-refractivity contribution in [2.75, 3.05) is 13.2 Å². The third-order valence-corrected chi connectivity index (χ3v) is 2.61. The fourth-order valence-electron chi connectivity index (χ4n) is 1.55. The first kappa shape index (κ1) is 13.7. The van der Waals surface area contributed by atoms with E-state index in [1.807, 2.05) is 0 Å². The lowest BCUT2D eigenvalue weighted by Crippen LogP contribution is -2.46. The van der Waals surface area contributed by atoms with E-state index in [2.05, 4.69) is 0 Å². The number of aliphatic hydroxyl groups is 7. The van der Waals surface area contributed by atoms with E-state index in [0.717, 1.165) is 0 Å². The number of rotatable bonds is 4. The van der Waals surface area contributed by atoms with Crippen LogP contribution in [0, 0.1) is 0 Å². The molecular formula is C8H16O8. The summed E-state index contributed by atoms with van der Waals surface area (Å²) >= 11 is 0. The first-order chi connectivity index (χ1) is 7.37. The predicted molar refractivity (Wildman–Crippen MR) is 48.0 cm³/mol. The molecule has 0 amide bonds. The van der Waals surface area contributed by atoms with E-state index in [-0.39, 0.29) is 0 Å². The Hall–Kier alpha value is -0.320. The van der Waals surface area contributed by atoms with Crippen molar-refractivity contribution in [2.45, 2.75) is 36.3 Å². The second-order valence-electron chi connectivity index (χ2n) is 3.76. The highest BCUT2D eigenvalue weighted by Crippen LogP contribution is 2.31. The number of ether oxygens (including phenoxy) is 1. The zero-order valence-corrected chi connectivity index (χ0v) is 8.34. The molecule has 0 aliphatic carbocycles. The summed E-state index contributed by atoms with van der Waals surface area (Å²) in [6, 6.07) is 0. The zero-order valence-electron chi connectivity index (χ0n) is 8.34. The third-order valence-electron chi connectivity index (χ3n) is 2.61. The van der Waals surface area contributed by atoms with E-state index in [1.54, 1.807) is 0 Å². The first-order valence-electron chi connectivity index (χ1n) is 4.71. The molecule has 96 valence electrons. The Balaban J connectivity index is 2.78. The first-order valence-corrected chi connectivity index (χ1v) is 4.71. The Labute approximate surface area is 91.0 Å². The maximum Gasteiger partial charge on any atom is 0.219 e. The van der Waals surface area contributed by atoms with Gasteiger partial charge in [-0.3, -0.25) is 0 Å². The van der Waals surface area contributed by atoms with Crippen LogP contribution in [0.1, 0.15) is 0 Å². The van der Waals surface area contributed by atoms with Crippen LogP contribution >= 0.6 is 0 Å². The van der Waals surface area contributed by atoms with Crippen LogP contribution < -0.4 is 0 Å². The van der Waals surface area contributed by atoms with E-state index in [9.17, 15) is 20.4 Å². The molecule has 1 aliphatic heterocycles. The molecule has 0 spiro atoms. The summed E-state index contributed by atoms with van der Waals surface area (Å²) in [5.74, 6) is -2.39. The summed E-state index contributed by atoms with van der Waals surface area (Å²) in [5, 5.41) is 64.2. The maximum absolute atomic E-state index is 9.48. The second kappa shape index (κ2) is 4.90. The highest BCUT2D eigenvalue weighted by molar-refractivity contribution is 4.99. The quantitative estimate of drug-likeness (QED) is 0.260. The second-order valence-corrected chi connectivity index (χ2v) is 3.76. The van der Waals surface area contributed by atoms with Gasteiger partial charge in [-0.1, -0.05) is 0 Å². The van der Waals surface area contributed by atoms with Gasteiger partial charge in [-0.05, 0) is 0 Å². The van der Waals surface area contributed by atoms with Crippen LogP contribution in [0.5, 0.6) is 0 Å². The van der Waals surface area contributed by atoms with E-state index < -0.39 is 49.5 Å². The van der Waals surface area contributed by atoms with Gasteiger partial charge in [0, 0.05) is 0 Å². The summed E-state index contributed by atoms with van der Waals surface area (Å²) in [4.78, 5) is 0. The van der Waals surface area contributed by atoms with Crippen molar-refractivity contribution in [3.05, 3.63) is 0 Å². The summed E-state index contributed by atoms with van der Waals surface area (Å²) in [6.07, 6.45) is -8.30. The van der Waals surface area contributed by atoms with Crippen LogP contribution in [0.15, 0.2) is 0 Å². The van der Waals surface area contributed by atoms with E-state index in [1.165, 1.54) is 0 Å². The Morgan fingerprint density at radius 3 is 2.12 bits per heavy atom. The number of aliphatic hydroxyl groups excluding tert-OH is 6. The fraction of sp³-hybridized carbons (Fsp3) is 1.00. The molecule has 8 heteroatoms. The summed E-state index contributed by atoms with van der Waals surface area (Å²) in [5.41, 5.74) is 0. The molecule has 6 unspecified atom stereocenters. The van der Waals surface area contributed by atoms with Gasteiger partial charge >= 0.3 is 0 Å². The van der Waals surface area contributed by atoms with Gasteiger partial charge in [0.2, 0.25) is 5.79 Å². The molecule has 1 heterocycles. The Bertz CT molecular complexity index is 232. The minimum absolute atomic E-state index is 0.776. The molecule has 7 N–H and O–H groups in total. The highest BCUT2D eigenvalue weighted by Gasteiger charge is 2.55. The lowest BCUT2D eigenvalue weighted by molar-refractivity contribution is -0.257. The van der Waals surface area contributed by atoms with Gasteiger partial charge in [0.25, 0.3) is 0 Å². The summed E-state index contributed by atoms with van der Waals surface area (Å²) in [7, 11) is 0. The van der Waals surface area contributed by atoms with Gasteiger partial charge < -0.3 is 40.5 Å². The van der Waals surface area contributed by atoms with Gasteiger partial charge in [0.1, 0.15) is 30.5 Å². The van der Waals surface area contributed by atoms with Gasteiger partial charge in [-0.25, -0.2) is 0 Å². The van der Waals surface area contributed by atoms with E-state index >= 15 is 0 Å². The molecular weight excluding hydrogens is 224 g/mol. The van der Waals surface area contributed by atoms with Crippen LogP contribution in [0.2, 0.25) is 0 Å². The average Bonchev–Trinajstić information content (AvgIpc) is 2.52. The number of hydrogen-bond acceptors (Lipinski definition) is 8. The lowest BCUT2D eigenvalue weighted by Gasteiger charge is -2.25. The molecule has 1 aliphatic rings. The van der Waals surface area contributed by atoms with Crippen LogP contribution in [0.3, 0.4) is 0 Å². The zero-order chi connectivity index (χ0) is 12.5. The summed E-state index contributed by atoms with van der Waals surface area (Å²) < 4.78 is 4.69. The van der Waals surface area contributed by atoms with Crippen molar-refractivity contribution in [3.8, 4) is 0 Å². The molecule has 0 radical (unpaired) electrons. The van der Waals surface area contributed by atoms with Crippen molar-refractivity contribution >= 4 is 0 Å². The van der Waals surface area contributed by atoms with Gasteiger partial charge in [-0.15, -0.1) is 0 Å². The SMILES string of the molecule is OCC(O)C(O)C1OC(O)(CO)C(O)C1O. The Kier molecular flexibility index (Phi) is 4.21. The maximum atomic E-state index is 9.48. The molecule has 0 aromatic rings. The molecule has 6 atom stereocenters. The Morgan fingerprint density at radius 2 is 1.75 bits per heavy atom. The molecule has 8 nitrogen and oxygen atoms in total. The average molecular weight is 240 g/mol. The van der Waals surface area contributed by atoms with Crippen LogP contribution in [-0.4, -0.2) is 85.3 Å². The highest BCUT2D eigenvalue weighted by atomic mass is 16.7. The third kappa shape index (κ3) is 2.19. The monoisotopic (exact) mass is 240 g/mol. The molecule has 0 saturated carbocycles. The van der Waals surface area contributed by atoms with Gasteiger partial charge in [0.05, 0.1) is 13.2 Å². The molecule has 1 fully saturated rings. The van der Waals surface area contributed by atoms with Crippen LogP contribution in [0.4, 0.5) is 0 Å². The Morgan fingerprint density at radius 1 is 1.19 bits per heavy atom. The fourth-order valence-corrected chi connectivity index (χ4v) is 1.55. The predicted octanol–water partition coefficient (Wildman–Crippen LogP) is -4.50. The lowest BCUT2D eigenvalue weighted by atomic mass is 10.00. The molecule has 0 aromatic carbocycles. The summed E-state index contributed by atoms with van der Waals surface area (Å²) in [6.45, 7) is -1.76. The topological polar surface area (TPSA) is 151 Å². The van der Waals surface area contributed by atoms with Crippen LogP contribution in [0.25, 0.3) is 0 Å². The standard InChI is InChI=1S/C8H16O8/c9-1-3(11)4(12)6-5(13)7(14)8(15,2-10)16-6/h3-7,9-15H,1-2H2.